The topological polar surface area (TPSA) is 109 Å². The molecule has 0 aliphatic heterocycles. The molecule has 1 atom stereocenters. The maximum absolute atomic E-state index is 13.0. The molecule has 0 aliphatic rings. The molecule has 0 fully saturated rings. The number of amides is 1. The highest BCUT2D eigenvalue weighted by molar-refractivity contribution is 7.90. The summed E-state index contributed by atoms with van der Waals surface area (Å²) < 4.78 is 29.8. The fourth-order valence-electron chi connectivity index (χ4n) is 3.08. The lowest BCUT2D eigenvalue weighted by molar-refractivity contribution is -0.118. The summed E-state index contributed by atoms with van der Waals surface area (Å²) in [6.45, 7) is 0. The van der Waals surface area contributed by atoms with Gasteiger partial charge in [0.25, 0.3) is 10.0 Å². The number of hydrogen-bond acceptors (Lipinski definition) is 3. The van der Waals surface area contributed by atoms with E-state index in [1.54, 1.807) is 69.0 Å². The minimum atomic E-state index is -4.06. The van der Waals surface area contributed by atoms with Gasteiger partial charge in [-0.05, 0) is 29.3 Å². The highest BCUT2D eigenvalue weighted by Gasteiger charge is 2.26. The molecule has 3 rings (SSSR count). The molecule has 1 aromatic heterocycles. The van der Waals surface area contributed by atoms with E-state index in [4.69, 9.17) is 17.3 Å². The van der Waals surface area contributed by atoms with Crippen molar-refractivity contribution >= 4 is 33.9 Å². The van der Waals surface area contributed by atoms with Crippen LogP contribution in [0.15, 0.2) is 70.2 Å². The molecule has 1 heterocycles. The fraction of sp³-hybridized carbons (Fsp3) is 0.143. The van der Waals surface area contributed by atoms with E-state index >= 15 is 0 Å². The molecule has 156 valence electrons. The normalized spacial score (nSPS) is 12.8. The van der Waals surface area contributed by atoms with Crippen molar-refractivity contribution in [3.05, 3.63) is 77.1 Å². The van der Waals surface area contributed by atoms with Gasteiger partial charge in [0, 0.05) is 42.6 Å². The number of benzene rings is 2. The fourth-order valence-corrected chi connectivity index (χ4v) is 4.50. The highest BCUT2D eigenvalue weighted by Crippen LogP contribution is 2.35. The molecule has 0 aliphatic carbocycles. The number of H-pyrrole nitrogens is 1. The van der Waals surface area contributed by atoms with Crippen molar-refractivity contribution in [2.75, 3.05) is 14.1 Å². The van der Waals surface area contributed by atoms with Crippen molar-refractivity contribution in [1.82, 2.24) is 9.88 Å². The number of nitrogens with zero attached hydrogens (tertiary/aromatic N) is 2. The van der Waals surface area contributed by atoms with Crippen LogP contribution in [0.4, 0.5) is 0 Å². The van der Waals surface area contributed by atoms with Gasteiger partial charge in [0.15, 0.2) is 0 Å². The average molecular weight is 445 g/mol. The summed E-state index contributed by atoms with van der Waals surface area (Å²) >= 11 is 6.28. The van der Waals surface area contributed by atoms with Gasteiger partial charge in [0.1, 0.15) is 6.34 Å². The van der Waals surface area contributed by atoms with Gasteiger partial charge in [-0.15, -0.1) is 4.40 Å². The average Bonchev–Trinajstić information content (AvgIpc) is 3.22. The number of primary amides is 1. The van der Waals surface area contributed by atoms with Crippen molar-refractivity contribution in [2.24, 2.45) is 10.1 Å². The number of hydrogen-bond donors (Lipinski definition) is 2. The van der Waals surface area contributed by atoms with Gasteiger partial charge < -0.3 is 15.6 Å². The van der Waals surface area contributed by atoms with Gasteiger partial charge in [-0.1, -0.05) is 41.9 Å². The van der Waals surface area contributed by atoms with E-state index < -0.39 is 21.8 Å². The molecule has 0 spiro atoms. The smallest absolute Gasteiger partial charge is 0.284 e. The molecule has 2 aromatic carbocycles. The Bertz CT molecular complexity index is 1190. The second kappa shape index (κ2) is 8.73. The van der Waals surface area contributed by atoms with Crippen LogP contribution in [0.3, 0.4) is 0 Å². The Balaban J connectivity index is 2.23. The van der Waals surface area contributed by atoms with E-state index in [0.29, 0.717) is 27.3 Å². The van der Waals surface area contributed by atoms with E-state index in [1.807, 2.05) is 0 Å². The van der Waals surface area contributed by atoms with Crippen LogP contribution in [-0.2, 0) is 14.8 Å². The quantitative estimate of drug-likeness (QED) is 0.430. The van der Waals surface area contributed by atoms with Crippen LogP contribution in [0, 0.1) is 0 Å². The van der Waals surface area contributed by atoms with Crippen molar-refractivity contribution < 1.29 is 13.2 Å². The van der Waals surface area contributed by atoms with Crippen LogP contribution in [0.2, 0.25) is 5.02 Å². The Morgan fingerprint density at radius 2 is 1.93 bits per heavy atom. The number of rotatable bonds is 7. The standard InChI is InChI=1S/C21H21ClN4O3S/c1-26(2)13-25-30(28,29)19-11-14(7-8-16(19)15-9-10-24-12-15)20(21(23)27)17-5-3-4-6-18(17)22/h3-13,20,24H,1-2H3,(H2,23,27). The van der Waals surface area contributed by atoms with E-state index in [-0.39, 0.29) is 4.90 Å². The Hall–Kier alpha value is -3.10. The maximum Gasteiger partial charge on any atom is 0.284 e. The lowest BCUT2D eigenvalue weighted by atomic mass is 9.89. The second-order valence-electron chi connectivity index (χ2n) is 6.87. The number of aromatic nitrogens is 1. The van der Waals surface area contributed by atoms with Gasteiger partial charge in [0.05, 0.1) is 10.8 Å². The first kappa shape index (κ1) is 21.6. The number of aromatic amines is 1. The summed E-state index contributed by atoms with van der Waals surface area (Å²) in [6.07, 6.45) is 4.59. The van der Waals surface area contributed by atoms with Crippen molar-refractivity contribution in [3.63, 3.8) is 0 Å². The van der Waals surface area contributed by atoms with Gasteiger partial charge in [-0.25, -0.2) is 0 Å². The number of nitrogens with two attached hydrogens (primary N) is 1. The molecule has 3 aromatic rings. The molecule has 0 saturated carbocycles. The number of sulfonamides is 1. The predicted octanol–water partition coefficient (Wildman–Crippen LogP) is 3.23. The third kappa shape index (κ3) is 4.55. The number of nitrogens with one attached hydrogen (secondary N) is 1. The van der Waals surface area contributed by atoms with Crippen molar-refractivity contribution in [1.29, 1.82) is 0 Å². The van der Waals surface area contributed by atoms with Gasteiger partial charge in [-0.2, -0.15) is 8.42 Å². The molecule has 30 heavy (non-hydrogen) atoms. The SMILES string of the molecule is CN(C)C=NS(=O)(=O)c1cc(C(C(N)=O)c2ccccc2Cl)ccc1-c1cc[nH]c1. The highest BCUT2D eigenvalue weighted by atomic mass is 35.5. The zero-order valence-corrected chi connectivity index (χ0v) is 18.0. The van der Waals surface area contributed by atoms with E-state index in [1.165, 1.54) is 17.3 Å². The first-order valence-electron chi connectivity index (χ1n) is 8.98. The Labute approximate surface area is 180 Å². The predicted molar refractivity (Wildman–Crippen MR) is 118 cm³/mol. The molecule has 0 radical (unpaired) electrons. The van der Waals surface area contributed by atoms with E-state index in [2.05, 4.69) is 9.38 Å². The lowest BCUT2D eigenvalue weighted by Gasteiger charge is -2.18. The number of carbonyl (C=O) groups excluding carboxylic acids is 1. The first-order valence-corrected chi connectivity index (χ1v) is 10.8. The Kier molecular flexibility index (Phi) is 6.28. The molecular formula is C21H21ClN4O3S. The van der Waals surface area contributed by atoms with Crippen LogP contribution < -0.4 is 5.73 Å². The van der Waals surface area contributed by atoms with Crippen LogP contribution in [0.25, 0.3) is 11.1 Å². The van der Waals surface area contributed by atoms with Crippen molar-refractivity contribution in [2.45, 2.75) is 10.8 Å². The minimum Gasteiger partial charge on any atom is -0.369 e. The number of carbonyl (C=O) groups is 1. The van der Waals surface area contributed by atoms with Gasteiger partial charge >= 0.3 is 0 Å². The Morgan fingerprint density at radius 1 is 1.20 bits per heavy atom. The molecule has 9 heteroatoms. The molecule has 0 bridgehead atoms. The van der Waals surface area contributed by atoms with E-state index in [0.717, 1.165) is 0 Å². The molecular weight excluding hydrogens is 424 g/mol. The van der Waals surface area contributed by atoms with Crippen LogP contribution >= 0.6 is 11.6 Å². The zero-order valence-electron chi connectivity index (χ0n) is 16.4. The summed E-state index contributed by atoms with van der Waals surface area (Å²) in [5.41, 5.74) is 7.71. The molecule has 3 N–H and O–H groups in total. The van der Waals surface area contributed by atoms with Crippen molar-refractivity contribution in [3.8, 4) is 11.1 Å². The summed E-state index contributed by atoms with van der Waals surface area (Å²) in [6, 6.07) is 13.3. The number of halogens is 1. The third-order valence-electron chi connectivity index (χ3n) is 4.44. The largest absolute Gasteiger partial charge is 0.369 e. The van der Waals surface area contributed by atoms with E-state index in [9.17, 15) is 13.2 Å². The summed E-state index contributed by atoms with van der Waals surface area (Å²) in [5.74, 6) is -1.55. The lowest BCUT2D eigenvalue weighted by Crippen LogP contribution is -2.23. The maximum atomic E-state index is 13.0. The van der Waals surface area contributed by atoms with Crippen LogP contribution in [0.1, 0.15) is 17.0 Å². The summed E-state index contributed by atoms with van der Waals surface area (Å²) in [4.78, 5) is 16.7. The molecule has 7 nitrogen and oxygen atoms in total. The molecule has 0 saturated heterocycles. The Morgan fingerprint density at radius 3 is 2.53 bits per heavy atom. The van der Waals surface area contributed by atoms with Gasteiger partial charge in [-0.3, -0.25) is 4.79 Å². The monoisotopic (exact) mass is 444 g/mol. The molecule has 1 amide bonds. The third-order valence-corrected chi connectivity index (χ3v) is 6.05. The first-order chi connectivity index (χ1) is 14.2. The zero-order chi connectivity index (χ0) is 21.9. The van der Waals surface area contributed by atoms with Crippen LogP contribution in [-0.4, -0.2) is 44.6 Å². The summed E-state index contributed by atoms with van der Waals surface area (Å²) in [5, 5.41) is 0.367. The minimum absolute atomic E-state index is 0.0315. The summed E-state index contributed by atoms with van der Waals surface area (Å²) in [7, 11) is -0.718. The van der Waals surface area contributed by atoms with Crippen LogP contribution in [0.5, 0.6) is 0 Å². The van der Waals surface area contributed by atoms with Gasteiger partial charge in [0.2, 0.25) is 5.91 Å². The second-order valence-corrected chi connectivity index (χ2v) is 8.88. The molecule has 1 unspecified atom stereocenters.